The van der Waals surface area contributed by atoms with Crippen molar-refractivity contribution in [2.75, 3.05) is 21.7 Å². The van der Waals surface area contributed by atoms with Gasteiger partial charge < -0.3 is 14.7 Å². The summed E-state index contributed by atoms with van der Waals surface area (Å²) in [5, 5.41) is 0. The highest BCUT2D eigenvalue weighted by atomic mass is 15.1. The molecule has 0 unspecified atom stereocenters. The molecular weight excluding hydrogens is 1110 g/mol. The van der Waals surface area contributed by atoms with Crippen LogP contribution in [0.2, 0.25) is 0 Å². The average Bonchev–Trinajstić information content (AvgIpc) is 1.57. The van der Waals surface area contributed by atoms with Crippen LogP contribution in [0.25, 0.3) is 45.5 Å². The minimum Gasteiger partial charge on any atom is -0.345 e. The van der Waals surface area contributed by atoms with Gasteiger partial charge in [0.1, 0.15) is 0 Å². The van der Waals surface area contributed by atoms with E-state index in [1.807, 2.05) is 0 Å². The summed E-state index contributed by atoms with van der Waals surface area (Å²) < 4.78 is 0. The Hall–Kier alpha value is -8.66. The first kappa shape index (κ1) is 63.5. The van der Waals surface area contributed by atoms with Crippen LogP contribution < -0.4 is 14.7 Å². The van der Waals surface area contributed by atoms with Gasteiger partial charge >= 0.3 is 0 Å². The van der Waals surface area contributed by atoms with Crippen molar-refractivity contribution in [1.82, 2.24) is 0 Å². The normalized spacial score (nSPS) is 13.2. The molecule has 0 saturated heterocycles. The van der Waals surface area contributed by atoms with E-state index >= 15 is 0 Å². The van der Waals surface area contributed by atoms with E-state index in [2.05, 4.69) is 304 Å². The summed E-state index contributed by atoms with van der Waals surface area (Å²) in [6.07, 6.45) is 29.7. The van der Waals surface area contributed by atoms with E-state index in [0.717, 1.165) is 39.6 Å². The van der Waals surface area contributed by atoms with Gasteiger partial charge in [-0.25, -0.2) is 0 Å². The van der Waals surface area contributed by atoms with E-state index in [1.54, 1.807) is 5.56 Å². The predicted molar refractivity (Wildman–Crippen MR) is 399 cm³/mol. The minimum absolute atomic E-state index is 0.0217. The Morgan fingerprint density at radius 3 is 0.967 bits per heavy atom. The van der Waals surface area contributed by atoms with Crippen molar-refractivity contribution in [3.63, 3.8) is 0 Å². The van der Waals surface area contributed by atoms with Crippen LogP contribution in [0.15, 0.2) is 243 Å². The van der Waals surface area contributed by atoms with Crippen molar-refractivity contribution >= 4 is 57.7 Å². The fourth-order valence-electron chi connectivity index (χ4n) is 15.5. The van der Waals surface area contributed by atoms with Crippen LogP contribution in [0.4, 0.5) is 45.5 Å². The number of unbranched alkanes of at least 4 members (excludes halogenated alkanes) is 12. The molecule has 12 rings (SSSR count). The van der Waals surface area contributed by atoms with Crippen molar-refractivity contribution in [2.45, 2.75) is 167 Å². The van der Waals surface area contributed by atoms with Gasteiger partial charge in [0.05, 0.1) is 0 Å². The van der Waals surface area contributed by atoms with Gasteiger partial charge in [-0.15, -0.1) is 0 Å². The Kier molecular flexibility index (Phi) is 20.8. The van der Waals surface area contributed by atoms with Crippen LogP contribution >= 0.6 is 0 Å². The molecule has 2 aliphatic rings. The van der Waals surface area contributed by atoms with Crippen molar-refractivity contribution in [1.29, 1.82) is 0 Å². The molecule has 0 aliphatic heterocycles. The van der Waals surface area contributed by atoms with E-state index < -0.39 is 0 Å². The Balaban J connectivity index is 0.849. The number of hydrogen-bond donors (Lipinski definition) is 0. The maximum Gasteiger partial charge on any atom is 0.0465 e. The quantitative estimate of drug-likeness (QED) is 0.0317. The molecule has 468 valence electrons. The molecule has 0 spiro atoms. The fraction of sp³-hybridized carbons (Fsp3) is 0.303. The number of fused-ring (bicyclic) bond motifs is 6. The number of hydrogen-bond acceptors (Lipinski definition) is 3. The second-order valence-corrected chi connectivity index (χ2v) is 26.5. The zero-order valence-electron chi connectivity index (χ0n) is 55.7. The number of benzene rings is 10. The molecule has 0 bridgehead atoms. The zero-order chi connectivity index (χ0) is 63.1. The van der Waals surface area contributed by atoms with Gasteiger partial charge in [0.15, 0.2) is 0 Å². The molecule has 3 nitrogen and oxygen atoms in total. The molecular formula is C89H97N3. The second kappa shape index (κ2) is 30.2. The standard InChI is InChI=1S/C89H97N3/c1-6-10-14-28-62-88(63-29-15-11-7-2)84-38-26-24-36-80(84)82-60-58-78(66-86(82)88)90(5)72-54-46-70(47-55-72)71-48-56-77(57-49-71)92(79-59-61-83-81-37-25-27-39-85(81)89(87(83)67-79,64-30-16-12-8-3)65-31-17-13-9-4)76-52-44-69(45-53-76)41-40-68-42-50-75(51-43-68)91(73-32-20-18-21-33-73)74-34-22-19-23-35-74/h18-27,32-61,66-67H,6-17,28-31,62-65H2,1-5H3/b41-40+. The molecule has 0 saturated carbocycles. The Morgan fingerprint density at radius 1 is 0.261 bits per heavy atom. The fourth-order valence-corrected chi connectivity index (χ4v) is 15.5. The average molecular weight is 1210 g/mol. The molecule has 10 aromatic rings. The van der Waals surface area contributed by atoms with Gasteiger partial charge in [-0.05, 0) is 190 Å². The van der Waals surface area contributed by atoms with Crippen molar-refractivity contribution < 1.29 is 0 Å². The van der Waals surface area contributed by atoms with Crippen molar-refractivity contribution in [2.24, 2.45) is 0 Å². The third-order valence-corrected chi connectivity index (χ3v) is 20.5. The van der Waals surface area contributed by atoms with Crippen LogP contribution in [-0.4, -0.2) is 7.05 Å². The minimum atomic E-state index is -0.0217. The predicted octanol–water partition coefficient (Wildman–Crippen LogP) is 26.6. The van der Waals surface area contributed by atoms with Crippen LogP contribution in [0.5, 0.6) is 0 Å². The molecule has 0 atom stereocenters. The van der Waals surface area contributed by atoms with Gasteiger partial charge in [-0.1, -0.05) is 288 Å². The Labute approximate surface area is 552 Å². The van der Waals surface area contributed by atoms with Gasteiger partial charge in [0, 0.05) is 63.4 Å². The highest BCUT2D eigenvalue weighted by Gasteiger charge is 2.44. The summed E-state index contributed by atoms with van der Waals surface area (Å²) in [4.78, 5) is 7.21. The van der Waals surface area contributed by atoms with Crippen LogP contribution in [0.1, 0.15) is 189 Å². The molecule has 2 aliphatic carbocycles. The smallest absolute Gasteiger partial charge is 0.0465 e. The van der Waals surface area contributed by atoms with Crippen molar-refractivity contribution in [3.8, 4) is 33.4 Å². The van der Waals surface area contributed by atoms with E-state index in [4.69, 9.17) is 0 Å². The number of rotatable bonds is 31. The first-order valence-corrected chi connectivity index (χ1v) is 35.4. The third kappa shape index (κ3) is 13.6. The van der Waals surface area contributed by atoms with E-state index in [1.165, 1.54) is 196 Å². The summed E-state index contributed by atoms with van der Waals surface area (Å²) in [6, 6.07) is 91.5. The number of para-hydroxylation sites is 2. The Bertz CT molecular complexity index is 3930. The van der Waals surface area contributed by atoms with E-state index in [9.17, 15) is 0 Å². The largest absolute Gasteiger partial charge is 0.345 e. The lowest BCUT2D eigenvalue weighted by atomic mass is 9.70. The SMILES string of the molecule is CCCCCCC1(CCCCCC)c2ccccc2-c2ccc(N(C)c3ccc(-c4ccc(N(c5ccc(/C=C/c6ccc(N(c7ccccc7)c7ccccc7)cc6)cc5)c5ccc6c(c5)C(CCCCCC)(CCCCCC)c5ccccc5-6)cc4)cc3)cc21. The molecule has 10 aromatic carbocycles. The first-order chi connectivity index (χ1) is 45.4. The van der Waals surface area contributed by atoms with Crippen molar-refractivity contribution in [3.05, 3.63) is 276 Å². The number of nitrogens with zero attached hydrogens (tertiary/aromatic N) is 3. The molecule has 92 heavy (non-hydrogen) atoms. The summed E-state index contributed by atoms with van der Waals surface area (Å²) in [5.41, 5.74) is 25.9. The van der Waals surface area contributed by atoms with Crippen LogP contribution in [0, 0.1) is 0 Å². The summed E-state index contributed by atoms with van der Waals surface area (Å²) >= 11 is 0. The summed E-state index contributed by atoms with van der Waals surface area (Å²) in [7, 11) is 2.25. The number of anilines is 8. The van der Waals surface area contributed by atoms with Gasteiger partial charge in [0.25, 0.3) is 0 Å². The molecule has 0 radical (unpaired) electrons. The van der Waals surface area contributed by atoms with Crippen LogP contribution in [-0.2, 0) is 10.8 Å². The first-order valence-electron chi connectivity index (χ1n) is 35.4. The molecule has 0 heterocycles. The Morgan fingerprint density at radius 2 is 0.565 bits per heavy atom. The van der Waals surface area contributed by atoms with Crippen LogP contribution in [0.3, 0.4) is 0 Å². The molecule has 0 amide bonds. The van der Waals surface area contributed by atoms with E-state index in [0.29, 0.717) is 0 Å². The lowest BCUT2D eigenvalue weighted by molar-refractivity contribution is 0.401. The highest BCUT2D eigenvalue weighted by Crippen LogP contribution is 2.57. The third-order valence-electron chi connectivity index (χ3n) is 20.5. The molecule has 0 aromatic heterocycles. The topological polar surface area (TPSA) is 9.72 Å². The molecule has 0 fully saturated rings. The lowest BCUT2D eigenvalue weighted by Crippen LogP contribution is -2.26. The summed E-state index contributed by atoms with van der Waals surface area (Å²) in [5.74, 6) is 0. The maximum absolute atomic E-state index is 2.59. The molecule has 3 heteroatoms. The van der Waals surface area contributed by atoms with Gasteiger partial charge in [-0.2, -0.15) is 0 Å². The second-order valence-electron chi connectivity index (χ2n) is 26.5. The van der Waals surface area contributed by atoms with E-state index in [-0.39, 0.29) is 10.8 Å². The van der Waals surface area contributed by atoms with Gasteiger partial charge in [-0.3, -0.25) is 0 Å². The van der Waals surface area contributed by atoms with Gasteiger partial charge in [0.2, 0.25) is 0 Å². The lowest BCUT2D eigenvalue weighted by Gasteiger charge is -2.34. The monoisotopic (exact) mass is 1210 g/mol. The maximum atomic E-state index is 2.59. The highest BCUT2D eigenvalue weighted by molar-refractivity contribution is 5.88. The molecule has 0 N–H and O–H groups in total. The summed E-state index contributed by atoms with van der Waals surface area (Å²) in [6.45, 7) is 9.33. The zero-order valence-corrected chi connectivity index (χ0v) is 55.7.